The third-order valence-electron chi connectivity index (χ3n) is 3.97. The van der Waals surface area contributed by atoms with Crippen LogP contribution in [0.4, 0.5) is 0 Å². The van der Waals surface area contributed by atoms with Gasteiger partial charge in [-0.15, -0.1) is 11.8 Å². The van der Waals surface area contributed by atoms with Gasteiger partial charge in [0.15, 0.2) is 0 Å². The smallest absolute Gasteiger partial charge is 0.0138 e. The van der Waals surface area contributed by atoms with E-state index in [-0.39, 0.29) is 0 Å². The van der Waals surface area contributed by atoms with Crippen molar-refractivity contribution in [3.05, 3.63) is 29.8 Å². The molecule has 0 saturated carbocycles. The highest BCUT2D eigenvalue weighted by Crippen LogP contribution is 2.40. The van der Waals surface area contributed by atoms with Gasteiger partial charge < -0.3 is 5.32 Å². The van der Waals surface area contributed by atoms with Gasteiger partial charge in [0, 0.05) is 16.2 Å². The Morgan fingerprint density at radius 1 is 1.41 bits per heavy atom. The van der Waals surface area contributed by atoms with Crippen molar-refractivity contribution in [1.29, 1.82) is 0 Å². The summed E-state index contributed by atoms with van der Waals surface area (Å²) >= 11 is 2.08. The van der Waals surface area contributed by atoms with Crippen molar-refractivity contribution in [3.8, 4) is 0 Å². The molecule has 1 nitrogen and oxygen atoms in total. The summed E-state index contributed by atoms with van der Waals surface area (Å²) in [5.74, 6) is 0.798. The molecule has 94 valence electrons. The van der Waals surface area contributed by atoms with E-state index in [1.165, 1.54) is 24.2 Å². The number of benzene rings is 1. The van der Waals surface area contributed by atoms with Gasteiger partial charge in [-0.1, -0.05) is 31.5 Å². The Bertz CT molecular complexity index is 339. The van der Waals surface area contributed by atoms with Gasteiger partial charge in [-0.05, 0) is 44.4 Å². The lowest BCUT2D eigenvalue weighted by Gasteiger charge is -2.24. The van der Waals surface area contributed by atoms with E-state index in [0.29, 0.717) is 6.04 Å². The molecule has 0 bridgehead atoms. The third kappa shape index (κ3) is 3.05. The van der Waals surface area contributed by atoms with E-state index in [4.69, 9.17) is 0 Å². The lowest BCUT2D eigenvalue weighted by atomic mass is 9.91. The van der Waals surface area contributed by atoms with E-state index in [1.54, 1.807) is 5.56 Å². The second-order valence-electron chi connectivity index (χ2n) is 5.03. The van der Waals surface area contributed by atoms with Crippen molar-refractivity contribution >= 4 is 11.8 Å². The van der Waals surface area contributed by atoms with Crippen LogP contribution in [0.3, 0.4) is 0 Å². The summed E-state index contributed by atoms with van der Waals surface area (Å²) in [6, 6.07) is 9.49. The fraction of sp³-hybridized carbons (Fsp3) is 0.600. The Hall–Kier alpha value is -0.470. The van der Waals surface area contributed by atoms with Gasteiger partial charge in [0.25, 0.3) is 0 Å². The maximum atomic E-state index is 3.40. The van der Waals surface area contributed by atoms with Crippen LogP contribution in [0.15, 0.2) is 29.2 Å². The third-order valence-corrected chi connectivity index (χ3v) is 5.31. The van der Waals surface area contributed by atoms with Crippen LogP contribution in [0.25, 0.3) is 0 Å². The maximum absolute atomic E-state index is 3.40. The van der Waals surface area contributed by atoms with E-state index in [1.807, 2.05) is 0 Å². The SMILES string of the molecule is CCC(CC1Cc2ccccc2S1)C(C)NC. The average Bonchev–Trinajstić information content (AvgIpc) is 2.77. The Kier molecular flexibility index (Phi) is 4.52. The van der Waals surface area contributed by atoms with Crippen molar-refractivity contribution in [2.75, 3.05) is 7.05 Å². The molecule has 2 heteroatoms. The minimum Gasteiger partial charge on any atom is -0.317 e. The zero-order valence-electron chi connectivity index (χ0n) is 11.1. The Labute approximate surface area is 109 Å². The molecule has 17 heavy (non-hydrogen) atoms. The molecule has 0 radical (unpaired) electrons. The van der Waals surface area contributed by atoms with Crippen molar-refractivity contribution in [3.63, 3.8) is 0 Å². The molecule has 1 aliphatic rings. The lowest BCUT2D eigenvalue weighted by molar-refractivity contribution is 0.357. The van der Waals surface area contributed by atoms with Gasteiger partial charge in [-0.25, -0.2) is 0 Å². The summed E-state index contributed by atoms with van der Waals surface area (Å²) < 4.78 is 0. The molecule has 0 fully saturated rings. The number of fused-ring (bicyclic) bond motifs is 1. The first kappa shape index (κ1) is 13.0. The van der Waals surface area contributed by atoms with E-state index in [0.717, 1.165) is 11.2 Å². The minimum atomic E-state index is 0.629. The van der Waals surface area contributed by atoms with Gasteiger partial charge in [0.05, 0.1) is 0 Å². The van der Waals surface area contributed by atoms with Crippen LogP contribution in [0, 0.1) is 5.92 Å². The quantitative estimate of drug-likeness (QED) is 0.853. The summed E-state index contributed by atoms with van der Waals surface area (Å²) in [4.78, 5) is 1.50. The van der Waals surface area contributed by atoms with Crippen LogP contribution >= 0.6 is 11.8 Å². The number of thioether (sulfide) groups is 1. The molecule has 3 atom stereocenters. The van der Waals surface area contributed by atoms with Gasteiger partial charge in [-0.2, -0.15) is 0 Å². The number of rotatable bonds is 5. The lowest BCUT2D eigenvalue weighted by Crippen LogP contribution is -2.32. The molecule has 2 rings (SSSR count). The number of hydrogen-bond donors (Lipinski definition) is 1. The van der Waals surface area contributed by atoms with Crippen LogP contribution in [0.5, 0.6) is 0 Å². The molecule has 1 aromatic rings. The number of nitrogens with one attached hydrogen (secondary N) is 1. The molecule has 0 aromatic heterocycles. The van der Waals surface area contributed by atoms with Crippen molar-refractivity contribution in [1.82, 2.24) is 5.32 Å². The molecule has 0 saturated heterocycles. The molecule has 0 spiro atoms. The van der Waals surface area contributed by atoms with Gasteiger partial charge in [0.2, 0.25) is 0 Å². The van der Waals surface area contributed by atoms with Crippen molar-refractivity contribution in [2.45, 2.75) is 49.3 Å². The Morgan fingerprint density at radius 2 is 2.18 bits per heavy atom. The van der Waals surface area contributed by atoms with E-state index >= 15 is 0 Å². The van der Waals surface area contributed by atoms with Crippen LogP contribution in [-0.2, 0) is 6.42 Å². The predicted octanol–water partition coefficient (Wildman–Crippen LogP) is 3.73. The monoisotopic (exact) mass is 249 g/mol. The molecule has 0 amide bonds. The maximum Gasteiger partial charge on any atom is 0.0138 e. The summed E-state index contributed by atoms with van der Waals surface area (Å²) in [6.07, 6.45) is 3.86. The minimum absolute atomic E-state index is 0.629. The largest absolute Gasteiger partial charge is 0.317 e. The van der Waals surface area contributed by atoms with Gasteiger partial charge in [0.1, 0.15) is 0 Å². The first-order chi connectivity index (χ1) is 8.24. The van der Waals surface area contributed by atoms with Crippen LogP contribution in [0.2, 0.25) is 0 Å². The molecule has 1 aliphatic heterocycles. The van der Waals surface area contributed by atoms with Crippen LogP contribution < -0.4 is 5.32 Å². The van der Waals surface area contributed by atoms with Crippen molar-refractivity contribution in [2.24, 2.45) is 5.92 Å². The van der Waals surface area contributed by atoms with Crippen molar-refractivity contribution < 1.29 is 0 Å². The normalized spacial score (nSPS) is 22.2. The first-order valence-electron chi connectivity index (χ1n) is 6.66. The summed E-state index contributed by atoms with van der Waals surface area (Å²) in [5, 5.41) is 4.19. The summed E-state index contributed by atoms with van der Waals surface area (Å²) in [7, 11) is 2.07. The van der Waals surface area contributed by atoms with E-state index in [9.17, 15) is 0 Å². The highest BCUT2D eigenvalue weighted by atomic mass is 32.2. The zero-order chi connectivity index (χ0) is 12.3. The number of hydrogen-bond acceptors (Lipinski definition) is 2. The summed E-state index contributed by atoms with van der Waals surface area (Å²) in [5.41, 5.74) is 1.55. The first-order valence-corrected chi connectivity index (χ1v) is 7.54. The standard InChI is InChI=1S/C15H23NS/c1-4-12(11(2)16-3)9-14-10-13-7-5-6-8-15(13)17-14/h5-8,11-12,14,16H,4,9-10H2,1-3H3. The average molecular weight is 249 g/mol. The second kappa shape index (κ2) is 5.92. The second-order valence-corrected chi connectivity index (χ2v) is 6.38. The fourth-order valence-electron chi connectivity index (χ4n) is 2.68. The highest BCUT2D eigenvalue weighted by molar-refractivity contribution is 8.00. The van der Waals surface area contributed by atoms with E-state index < -0.39 is 0 Å². The molecule has 0 aliphatic carbocycles. The molecular formula is C15H23NS. The van der Waals surface area contributed by atoms with Gasteiger partial charge in [-0.3, -0.25) is 0 Å². The van der Waals surface area contributed by atoms with Gasteiger partial charge >= 0.3 is 0 Å². The molecule has 1 N–H and O–H groups in total. The van der Waals surface area contributed by atoms with Crippen LogP contribution in [0.1, 0.15) is 32.3 Å². The molecular weight excluding hydrogens is 226 g/mol. The Balaban J connectivity index is 1.94. The Morgan fingerprint density at radius 3 is 2.82 bits per heavy atom. The topological polar surface area (TPSA) is 12.0 Å². The summed E-state index contributed by atoms with van der Waals surface area (Å²) in [6.45, 7) is 4.62. The predicted molar refractivity (Wildman–Crippen MR) is 76.7 cm³/mol. The highest BCUT2D eigenvalue weighted by Gasteiger charge is 2.26. The molecule has 3 unspecified atom stereocenters. The van der Waals surface area contributed by atoms with E-state index in [2.05, 4.69) is 62.2 Å². The van der Waals surface area contributed by atoms with Crippen LogP contribution in [-0.4, -0.2) is 18.3 Å². The zero-order valence-corrected chi connectivity index (χ0v) is 11.9. The fourth-order valence-corrected chi connectivity index (χ4v) is 4.11. The molecule has 1 aromatic carbocycles. The molecule has 1 heterocycles.